The van der Waals surface area contributed by atoms with Crippen LogP contribution in [0.25, 0.3) is 5.65 Å². The van der Waals surface area contributed by atoms with Crippen LogP contribution < -0.4 is 0 Å². The van der Waals surface area contributed by atoms with Crippen molar-refractivity contribution in [1.82, 2.24) is 9.38 Å². The van der Waals surface area contributed by atoms with Crippen molar-refractivity contribution in [2.45, 2.75) is 13.8 Å². The number of aryl methyl sites for hydroxylation is 2. The Balaban J connectivity index is 0.000000509. The Hall–Kier alpha value is -1.71. The predicted molar refractivity (Wildman–Crippen MR) is 62.9 cm³/mol. The van der Waals surface area contributed by atoms with Gasteiger partial charge in [-0.15, -0.1) is 13.2 Å². The molecule has 2 rings (SSSR count). The maximum Gasteiger partial charge on any atom is 0.139 e. The average Bonchev–Trinajstić information content (AvgIpc) is 2.64. The number of rotatable bonds is 0. The summed E-state index contributed by atoms with van der Waals surface area (Å²) in [5.41, 5.74) is 2.20. The third kappa shape index (κ3) is 3.15. The Kier molecular flexibility index (Phi) is 6.00. The van der Waals surface area contributed by atoms with Gasteiger partial charge in [0, 0.05) is 24.0 Å². The minimum absolute atomic E-state index is 0.201. The van der Waals surface area contributed by atoms with Crippen molar-refractivity contribution in [2.75, 3.05) is 7.18 Å². The first-order valence-corrected chi connectivity index (χ1v) is 4.66. The Morgan fingerprint density at radius 2 is 1.75 bits per heavy atom. The van der Waals surface area contributed by atoms with E-state index in [-0.39, 0.29) is 5.82 Å². The van der Waals surface area contributed by atoms with Gasteiger partial charge in [0.15, 0.2) is 0 Å². The van der Waals surface area contributed by atoms with Crippen molar-refractivity contribution in [3.63, 3.8) is 0 Å². The molecule has 0 aliphatic carbocycles. The summed E-state index contributed by atoms with van der Waals surface area (Å²) >= 11 is 0. The molecule has 0 spiro atoms. The van der Waals surface area contributed by atoms with Crippen molar-refractivity contribution in [3.8, 4) is 0 Å². The third-order valence-corrected chi connectivity index (χ3v) is 1.85. The summed E-state index contributed by atoms with van der Waals surface area (Å²) in [5, 5.41) is 0. The Morgan fingerprint density at radius 3 is 2.31 bits per heavy atom. The second kappa shape index (κ2) is 6.71. The maximum absolute atomic E-state index is 13.0. The van der Waals surface area contributed by atoms with Crippen LogP contribution in [0.2, 0.25) is 0 Å². The summed E-state index contributed by atoms with van der Waals surface area (Å²) in [6, 6.07) is 1.45. The zero-order valence-corrected chi connectivity index (χ0v) is 9.80. The molecule has 0 saturated carbocycles. The van der Waals surface area contributed by atoms with E-state index >= 15 is 0 Å². The molecule has 2 nitrogen and oxygen atoms in total. The second-order valence-corrected chi connectivity index (χ2v) is 2.95. The molecule has 16 heavy (non-hydrogen) atoms. The van der Waals surface area contributed by atoms with Crippen LogP contribution in [0.1, 0.15) is 11.3 Å². The molecule has 2 aromatic rings. The van der Waals surface area contributed by atoms with Crippen LogP contribution in [-0.2, 0) is 0 Å². The monoisotopic (exact) mass is 226 g/mol. The van der Waals surface area contributed by atoms with Gasteiger partial charge in [-0.1, -0.05) is 0 Å². The van der Waals surface area contributed by atoms with E-state index in [1.807, 2.05) is 17.5 Å². The molecule has 0 fully saturated rings. The van der Waals surface area contributed by atoms with Crippen molar-refractivity contribution in [2.24, 2.45) is 0 Å². The van der Waals surface area contributed by atoms with Crippen molar-refractivity contribution in [3.05, 3.63) is 48.7 Å². The number of hydrogen-bond donors (Lipinski definition) is 0. The summed E-state index contributed by atoms with van der Waals surface area (Å²) in [6.07, 6.45) is 3.62. The molecule has 2 heterocycles. The molecule has 2 aromatic heterocycles. The summed E-state index contributed by atoms with van der Waals surface area (Å²) in [6.45, 7) is 9.63. The highest BCUT2D eigenvalue weighted by Crippen LogP contribution is 2.10. The average molecular weight is 226 g/mol. The number of hydrogen-bond acceptors (Lipinski definition) is 1. The van der Waals surface area contributed by atoms with Crippen molar-refractivity contribution >= 4 is 5.65 Å². The first kappa shape index (κ1) is 14.3. The van der Waals surface area contributed by atoms with Gasteiger partial charge in [-0.05, 0) is 13.8 Å². The van der Waals surface area contributed by atoms with Crippen molar-refractivity contribution < 1.29 is 8.78 Å². The summed E-state index contributed by atoms with van der Waals surface area (Å²) in [4.78, 5) is 4.14. The van der Waals surface area contributed by atoms with Crippen LogP contribution in [0.4, 0.5) is 8.78 Å². The van der Waals surface area contributed by atoms with Crippen LogP contribution >= 0.6 is 0 Å². The minimum atomic E-state index is -0.201. The van der Waals surface area contributed by atoms with Crippen LogP contribution in [0, 0.1) is 19.7 Å². The lowest BCUT2D eigenvalue weighted by Crippen LogP contribution is -1.88. The lowest BCUT2D eigenvalue weighted by atomic mass is 10.3. The number of alkyl halides is 1. The number of nitrogens with zero attached hydrogens (tertiary/aromatic N) is 2. The molecule has 0 saturated heterocycles. The maximum atomic E-state index is 13.0. The molecular weight excluding hydrogens is 210 g/mol. The number of pyridine rings is 1. The van der Waals surface area contributed by atoms with Gasteiger partial charge in [0.05, 0.1) is 12.9 Å². The van der Waals surface area contributed by atoms with E-state index in [2.05, 4.69) is 18.1 Å². The van der Waals surface area contributed by atoms with Gasteiger partial charge in [0.2, 0.25) is 0 Å². The van der Waals surface area contributed by atoms with Gasteiger partial charge in [-0.25, -0.2) is 9.37 Å². The van der Waals surface area contributed by atoms with Crippen LogP contribution in [-0.4, -0.2) is 16.6 Å². The fourth-order valence-corrected chi connectivity index (χ4v) is 1.24. The van der Waals surface area contributed by atoms with E-state index in [0.29, 0.717) is 18.4 Å². The molecular formula is C12H16F2N2. The van der Waals surface area contributed by atoms with Crippen LogP contribution in [0.3, 0.4) is 0 Å². The summed E-state index contributed by atoms with van der Waals surface area (Å²) in [7, 11) is 0.500. The van der Waals surface area contributed by atoms with E-state index in [9.17, 15) is 8.78 Å². The zero-order chi connectivity index (χ0) is 12.7. The number of fused-ring (bicyclic) bond motifs is 1. The van der Waals surface area contributed by atoms with Crippen LogP contribution in [0.5, 0.6) is 0 Å². The molecule has 0 aliphatic heterocycles. The van der Waals surface area contributed by atoms with Gasteiger partial charge in [-0.3, -0.25) is 4.39 Å². The highest BCUT2D eigenvalue weighted by molar-refractivity contribution is 5.41. The Labute approximate surface area is 94.2 Å². The van der Waals surface area contributed by atoms with Gasteiger partial charge < -0.3 is 4.40 Å². The number of imidazole rings is 1. The molecule has 0 aliphatic rings. The molecule has 0 bridgehead atoms. The molecule has 0 radical (unpaired) electrons. The smallest absolute Gasteiger partial charge is 0.139 e. The number of halogens is 2. The predicted octanol–water partition coefficient (Wildman–Crippen LogP) is 3.48. The third-order valence-electron chi connectivity index (χ3n) is 1.85. The first-order valence-electron chi connectivity index (χ1n) is 4.66. The molecule has 0 atom stereocenters. The van der Waals surface area contributed by atoms with Gasteiger partial charge in [-0.2, -0.15) is 0 Å². The molecule has 4 heteroatoms. The second-order valence-electron chi connectivity index (χ2n) is 2.95. The number of aromatic nitrogens is 2. The van der Waals surface area contributed by atoms with Crippen LogP contribution in [0.15, 0.2) is 31.6 Å². The molecule has 0 amide bonds. The highest BCUT2D eigenvalue weighted by Gasteiger charge is 2.01. The van der Waals surface area contributed by atoms with E-state index in [4.69, 9.17) is 0 Å². The largest absolute Gasteiger partial charge is 0.306 e. The zero-order valence-electron chi connectivity index (χ0n) is 9.80. The molecule has 0 aromatic carbocycles. The van der Waals surface area contributed by atoms with Gasteiger partial charge in [0.25, 0.3) is 0 Å². The van der Waals surface area contributed by atoms with Gasteiger partial charge >= 0.3 is 0 Å². The first-order chi connectivity index (χ1) is 7.66. The molecule has 0 unspecified atom stereocenters. The van der Waals surface area contributed by atoms with E-state index in [1.165, 1.54) is 6.07 Å². The standard InChI is InChI=1S/C9H9FN2.C2H4.CH3F/c1-6-4-12-5-7(2)11-9(12)3-8(6)10;2*1-2/h3-5H,1-2H3;1-2H2;1H3. The summed E-state index contributed by atoms with van der Waals surface area (Å²) < 4.78 is 24.3. The summed E-state index contributed by atoms with van der Waals surface area (Å²) in [5.74, 6) is -0.201. The molecule has 0 N–H and O–H groups in total. The Morgan fingerprint density at radius 1 is 1.19 bits per heavy atom. The van der Waals surface area contributed by atoms with E-state index in [1.54, 1.807) is 13.1 Å². The molecule has 88 valence electrons. The quantitative estimate of drug-likeness (QED) is 0.629. The normalized spacial score (nSPS) is 8.81. The fraction of sp³-hybridized carbons (Fsp3) is 0.250. The highest BCUT2D eigenvalue weighted by atomic mass is 19.1. The van der Waals surface area contributed by atoms with E-state index in [0.717, 1.165) is 5.69 Å². The minimum Gasteiger partial charge on any atom is -0.306 e. The topological polar surface area (TPSA) is 17.3 Å². The fourth-order valence-electron chi connectivity index (χ4n) is 1.24. The SMILES string of the molecule is C=C.CF.Cc1cn2cc(C)c(F)cc2n1. The lowest BCUT2D eigenvalue weighted by Gasteiger charge is -1.96. The lowest BCUT2D eigenvalue weighted by molar-refractivity contribution is 0.616. The van der Waals surface area contributed by atoms with E-state index < -0.39 is 0 Å². The van der Waals surface area contributed by atoms with Gasteiger partial charge in [0.1, 0.15) is 11.5 Å². The van der Waals surface area contributed by atoms with Crippen molar-refractivity contribution in [1.29, 1.82) is 0 Å². The Bertz CT molecular complexity index is 410.